The van der Waals surface area contributed by atoms with Gasteiger partial charge in [-0.25, -0.2) is 22.8 Å². The monoisotopic (exact) mass is 1160 g/mol. The molecule has 0 saturated carbocycles. The smallest absolute Gasteiger partial charge is 0.201 e. The highest BCUT2D eigenvalue weighted by molar-refractivity contribution is 5.65. The summed E-state index contributed by atoms with van der Waals surface area (Å²) in [5.74, 6) is 0.0808. The summed E-state index contributed by atoms with van der Waals surface area (Å²) in [7, 11) is 10.4. The van der Waals surface area contributed by atoms with E-state index in [1.54, 1.807) is 6.20 Å². The van der Waals surface area contributed by atoms with Crippen LogP contribution in [0.2, 0.25) is 0 Å². The number of aryl methyl sites for hydroxylation is 15. The minimum absolute atomic E-state index is 0.535. The van der Waals surface area contributed by atoms with Crippen molar-refractivity contribution in [3.8, 4) is 56.3 Å². The third kappa shape index (κ3) is 17.5. The largest absolute Gasteiger partial charge is 0.212 e. The Kier molecular flexibility index (Phi) is 22.0. The Morgan fingerprint density at radius 1 is 0.287 bits per heavy atom. The molecule has 0 amide bonds. The summed E-state index contributed by atoms with van der Waals surface area (Å²) in [4.78, 5) is 0. The molecule has 1 atom stereocenters. The van der Waals surface area contributed by atoms with Gasteiger partial charge in [0.15, 0.2) is 31.0 Å². The predicted octanol–water partition coefficient (Wildman–Crippen LogP) is 18.5. The lowest BCUT2D eigenvalue weighted by molar-refractivity contribution is -0.661. The van der Waals surface area contributed by atoms with Crippen LogP contribution < -0.4 is 22.8 Å². The Hall–Kier alpha value is -8.15. The van der Waals surface area contributed by atoms with Crippen LogP contribution in [0, 0.1) is 69.2 Å². The Morgan fingerprint density at radius 3 is 0.989 bits per heavy atom. The molecular formula is C82H104N5+5. The topological polar surface area (TPSA) is 19.4 Å². The van der Waals surface area contributed by atoms with Crippen LogP contribution in [0.5, 0.6) is 0 Å². The number of benzene rings is 5. The first-order chi connectivity index (χ1) is 42.7. The zero-order valence-corrected chi connectivity index (χ0v) is 56.9. The van der Waals surface area contributed by atoms with Gasteiger partial charge in [-0.2, -0.15) is 0 Å². The van der Waals surface area contributed by atoms with Crippen molar-refractivity contribution in [1.29, 1.82) is 0 Å². The van der Waals surface area contributed by atoms with Gasteiger partial charge in [0.05, 0.1) is 0 Å². The Balaban J connectivity index is 0.000000182. The summed E-state index contributed by atoms with van der Waals surface area (Å²) in [6.07, 6.45) is 10.6. The Bertz CT molecular complexity index is 4030. The van der Waals surface area contributed by atoms with Crippen molar-refractivity contribution in [3.63, 3.8) is 0 Å². The molecule has 0 aliphatic heterocycles. The van der Waals surface area contributed by atoms with Crippen molar-refractivity contribution in [2.24, 2.45) is 35.2 Å². The third-order valence-corrected chi connectivity index (χ3v) is 16.7. The average molecular weight is 1160 g/mol. The quantitative estimate of drug-likeness (QED) is 0.128. The maximum absolute atomic E-state index is 8.30. The minimum atomic E-state index is -2.37. The number of hydrogen-bond acceptors (Lipinski definition) is 0. The zero-order chi connectivity index (χ0) is 67.4. The summed E-state index contributed by atoms with van der Waals surface area (Å²) in [5.41, 5.74) is 30.1. The molecule has 5 heterocycles. The first-order valence-electron chi connectivity index (χ1n) is 33.0. The van der Waals surface area contributed by atoms with E-state index in [1.807, 2.05) is 42.8 Å². The molecule has 0 bridgehead atoms. The van der Waals surface area contributed by atoms with Gasteiger partial charge in [0.2, 0.25) is 28.5 Å². The predicted molar refractivity (Wildman–Crippen MR) is 369 cm³/mol. The van der Waals surface area contributed by atoms with E-state index in [0.717, 1.165) is 22.4 Å². The molecule has 0 aliphatic carbocycles. The molecule has 0 spiro atoms. The molecule has 5 aromatic carbocycles. The van der Waals surface area contributed by atoms with Gasteiger partial charge in [0, 0.05) is 92.0 Å². The molecule has 10 aromatic rings. The van der Waals surface area contributed by atoms with Crippen LogP contribution in [0.15, 0.2) is 189 Å². The molecule has 452 valence electrons. The fourth-order valence-corrected chi connectivity index (χ4v) is 11.6. The molecule has 5 nitrogen and oxygen atoms in total. The summed E-state index contributed by atoms with van der Waals surface area (Å²) in [6, 6.07) is 55.5. The van der Waals surface area contributed by atoms with Gasteiger partial charge in [-0.3, -0.25) is 0 Å². The normalized spacial score (nSPS) is 12.4. The number of hydrogen-bond donors (Lipinski definition) is 0. The Labute approximate surface area is 532 Å². The average Bonchev–Trinajstić information content (AvgIpc) is 0.941. The lowest BCUT2D eigenvalue weighted by atomic mass is 9.96. The van der Waals surface area contributed by atoms with E-state index in [0.29, 0.717) is 23.3 Å². The maximum atomic E-state index is 8.30. The SMILES string of the molecule is Cc1ccc(C)c(-c2cccc[n+]2C)c1.Cc1ccccc1-c1cc(C(C)C)c(C)c[n+]1C.Cc1ccccc1-c1cc(C)c(C(C)C)c[n+]1C.Cc1ccccc1-c1cc(C)c(C(C)C)c[n+]1C.[2H]C([2H])([2H])C([2H])(C)c1c[n+](C)c(-c2ccccc2C)cc1C. The molecule has 0 saturated heterocycles. The highest BCUT2D eigenvalue weighted by atomic mass is 14.9. The van der Waals surface area contributed by atoms with E-state index in [2.05, 4.69) is 309 Å². The maximum Gasteiger partial charge on any atom is 0.212 e. The van der Waals surface area contributed by atoms with Crippen molar-refractivity contribution in [2.75, 3.05) is 0 Å². The minimum Gasteiger partial charge on any atom is -0.201 e. The van der Waals surface area contributed by atoms with Gasteiger partial charge in [0.1, 0.15) is 35.2 Å². The van der Waals surface area contributed by atoms with Crippen molar-refractivity contribution >= 4 is 0 Å². The second kappa shape index (κ2) is 31.0. The van der Waals surface area contributed by atoms with Crippen LogP contribution in [0.4, 0.5) is 0 Å². The number of aromatic nitrogens is 5. The van der Waals surface area contributed by atoms with Crippen LogP contribution in [0.25, 0.3) is 56.3 Å². The fraction of sp³-hybridized carbons (Fsp3) is 0.329. The summed E-state index contributed by atoms with van der Waals surface area (Å²) in [6.45, 7) is 33.9. The zero-order valence-electron chi connectivity index (χ0n) is 60.9. The molecule has 0 fully saturated rings. The van der Waals surface area contributed by atoms with Crippen molar-refractivity contribution in [2.45, 2.75) is 148 Å². The summed E-state index contributed by atoms with van der Waals surface area (Å²) in [5, 5.41) is 0. The summed E-state index contributed by atoms with van der Waals surface area (Å²) < 4.78 is 41.9. The highest BCUT2D eigenvalue weighted by Crippen LogP contribution is 2.29. The number of nitrogens with zero attached hydrogens (tertiary/aromatic N) is 5. The van der Waals surface area contributed by atoms with E-state index >= 15 is 0 Å². The van der Waals surface area contributed by atoms with Crippen LogP contribution in [-0.2, 0) is 35.2 Å². The lowest BCUT2D eigenvalue weighted by Gasteiger charge is -2.11. The second-order valence-corrected chi connectivity index (χ2v) is 25.0. The molecule has 5 aromatic heterocycles. The Morgan fingerprint density at radius 2 is 0.621 bits per heavy atom. The highest BCUT2D eigenvalue weighted by Gasteiger charge is 2.21. The van der Waals surface area contributed by atoms with Crippen molar-refractivity contribution in [3.05, 3.63) is 267 Å². The first kappa shape index (κ1) is 61.9. The molecule has 0 radical (unpaired) electrons. The van der Waals surface area contributed by atoms with E-state index in [-0.39, 0.29) is 0 Å². The lowest BCUT2D eigenvalue weighted by Crippen LogP contribution is -2.32. The van der Waals surface area contributed by atoms with Gasteiger partial charge in [-0.05, 0) is 179 Å². The van der Waals surface area contributed by atoms with Gasteiger partial charge in [-0.15, -0.1) is 0 Å². The van der Waals surface area contributed by atoms with Crippen LogP contribution in [0.3, 0.4) is 0 Å². The van der Waals surface area contributed by atoms with Crippen LogP contribution in [0.1, 0.15) is 162 Å². The van der Waals surface area contributed by atoms with Gasteiger partial charge in [-0.1, -0.05) is 146 Å². The van der Waals surface area contributed by atoms with Gasteiger partial charge < -0.3 is 0 Å². The first-order valence-corrected chi connectivity index (χ1v) is 31.0. The molecule has 10 rings (SSSR count). The molecule has 1 unspecified atom stereocenters. The molecule has 0 N–H and O–H groups in total. The number of pyridine rings is 5. The molecule has 0 aliphatic rings. The van der Waals surface area contributed by atoms with E-state index < -0.39 is 12.7 Å². The van der Waals surface area contributed by atoms with Gasteiger partial charge in [0.25, 0.3) is 0 Å². The third-order valence-electron chi connectivity index (χ3n) is 16.7. The molecule has 87 heavy (non-hydrogen) atoms. The van der Waals surface area contributed by atoms with E-state index in [9.17, 15) is 0 Å². The van der Waals surface area contributed by atoms with E-state index in [4.69, 9.17) is 5.48 Å². The van der Waals surface area contributed by atoms with Crippen molar-refractivity contribution < 1.29 is 28.3 Å². The number of rotatable bonds is 9. The fourth-order valence-electron chi connectivity index (χ4n) is 11.6. The van der Waals surface area contributed by atoms with Crippen molar-refractivity contribution in [1.82, 2.24) is 0 Å². The van der Waals surface area contributed by atoms with E-state index in [1.165, 1.54) is 113 Å². The molecule has 5 heteroatoms. The summed E-state index contributed by atoms with van der Waals surface area (Å²) >= 11 is 0. The second-order valence-electron chi connectivity index (χ2n) is 25.0. The van der Waals surface area contributed by atoms with Gasteiger partial charge >= 0.3 is 0 Å². The van der Waals surface area contributed by atoms with Crippen LogP contribution >= 0.6 is 0 Å². The molecular weight excluding hydrogens is 1050 g/mol. The van der Waals surface area contributed by atoms with Crippen LogP contribution in [-0.4, -0.2) is 0 Å². The standard InChI is InChI=1S/4C17H22N.C14H16N/c1-12(2)16-10-17(18(5)11-14(16)4)15-9-7-6-8-13(15)3;3*1-12(2)16-11-18(5)17(10-14(16)4)15-9-7-6-8-13(15)3;1-11-7-8-12(2)13(10-11)14-6-4-5-9-15(14)3/h4*6-12H,1-5H3;4-10H,1-3H3/q5*+1/i;1D3,12D;;;.